The second-order valence-corrected chi connectivity index (χ2v) is 5.74. The van der Waals surface area contributed by atoms with E-state index in [1.807, 2.05) is 0 Å². The molecule has 0 saturated heterocycles. The number of benzene rings is 1. The first kappa shape index (κ1) is 18.4. The molecule has 0 aliphatic rings. The predicted molar refractivity (Wildman–Crippen MR) is 94.7 cm³/mol. The third kappa shape index (κ3) is 5.27. The van der Waals surface area contributed by atoms with Crippen molar-refractivity contribution in [3.8, 4) is 0 Å². The summed E-state index contributed by atoms with van der Waals surface area (Å²) in [5.74, 6) is -0.0639. The third-order valence-electron chi connectivity index (χ3n) is 3.62. The number of rotatable bonds is 5. The maximum absolute atomic E-state index is 12.8. The molecule has 0 aliphatic heterocycles. The number of carbonyl (C=O) groups is 1. The lowest BCUT2D eigenvalue weighted by molar-refractivity contribution is -0.137. The summed E-state index contributed by atoms with van der Waals surface area (Å²) in [6, 6.07) is 8.64. The number of imidazole rings is 1. The number of halogens is 3. The second kappa shape index (κ2) is 7.86. The fourth-order valence-corrected chi connectivity index (χ4v) is 2.38. The molecule has 2 heterocycles. The van der Waals surface area contributed by atoms with Crippen LogP contribution < -0.4 is 5.32 Å². The molecule has 8 heteroatoms. The van der Waals surface area contributed by atoms with Gasteiger partial charge in [0.2, 0.25) is 5.91 Å². The number of hydrogen-bond donors (Lipinski definition) is 1. The summed E-state index contributed by atoms with van der Waals surface area (Å²) >= 11 is 0. The fraction of sp³-hybridized carbons (Fsp3) is 0.105. The summed E-state index contributed by atoms with van der Waals surface area (Å²) in [5.41, 5.74) is 0.563. The van der Waals surface area contributed by atoms with Crippen LogP contribution in [0, 0.1) is 0 Å². The Kier molecular flexibility index (Phi) is 5.35. The molecule has 0 saturated carbocycles. The van der Waals surface area contributed by atoms with Crippen LogP contribution in [0.1, 0.15) is 16.7 Å². The molecule has 3 aromatic rings. The van der Waals surface area contributed by atoms with E-state index >= 15 is 0 Å². The smallest absolute Gasteiger partial charge is 0.331 e. The highest BCUT2D eigenvalue weighted by Gasteiger charge is 2.30. The van der Waals surface area contributed by atoms with Gasteiger partial charge >= 0.3 is 6.18 Å². The summed E-state index contributed by atoms with van der Waals surface area (Å²) in [5, 5.41) is 2.60. The van der Waals surface area contributed by atoms with Gasteiger partial charge in [0.05, 0.1) is 11.9 Å². The van der Waals surface area contributed by atoms with Crippen LogP contribution in [0.2, 0.25) is 0 Å². The van der Waals surface area contributed by atoms with Gasteiger partial charge in [0.25, 0.3) is 0 Å². The topological polar surface area (TPSA) is 59.8 Å². The lowest BCUT2D eigenvalue weighted by Crippen LogP contribution is -2.08. The minimum absolute atomic E-state index is 0.207. The van der Waals surface area contributed by atoms with Gasteiger partial charge in [0.15, 0.2) is 5.82 Å². The molecule has 0 bridgehead atoms. The average Bonchev–Trinajstić information content (AvgIpc) is 3.07. The quantitative estimate of drug-likeness (QED) is 0.689. The van der Waals surface area contributed by atoms with Crippen LogP contribution in [0.15, 0.2) is 67.4 Å². The van der Waals surface area contributed by atoms with Crippen molar-refractivity contribution in [3.05, 3.63) is 84.1 Å². The monoisotopic (exact) mass is 372 g/mol. The molecule has 3 rings (SSSR count). The Hall–Kier alpha value is -3.42. The first-order valence-corrected chi connectivity index (χ1v) is 7.97. The van der Waals surface area contributed by atoms with E-state index in [2.05, 4.69) is 15.3 Å². The molecular weight excluding hydrogens is 357 g/mol. The molecule has 27 heavy (non-hydrogen) atoms. The van der Waals surface area contributed by atoms with E-state index in [4.69, 9.17) is 0 Å². The number of amides is 1. The molecule has 5 nitrogen and oxygen atoms in total. The molecule has 138 valence electrons. The van der Waals surface area contributed by atoms with Gasteiger partial charge in [-0.25, -0.2) is 4.98 Å². The minimum atomic E-state index is -4.38. The Balaban J connectivity index is 1.62. The van der Waals surface area contributed by atoms with Gasteiger partial charge in [-0.15, -0.1) is 0 Å². The third-order valence-corrected chi connectivity index (χ3v) is 3.62. The summed E-state index contributed by atoms with van der Waals surface area (Å²) in [7, 11) is 0. The van der Waals surface area contributed by atoms with Crippen molar-refractivity contribution in [2.24, 2.45) is 0 Å². The van der Waals surface area contributed by atoms with Crippen molar-refractivity contribution in [2.75, 3.05) is 5.32 Å². The molecule has 0 unspecified atom stereocenters. The molecule has 1 amide bonds. The van der Waals surface area contributed by atoms with Crippen LogP contribution in [-0.4, -0.2) is 20.4 Å². The summed E-state index contributed by atoms with van der Waals surface area (Å²) in [6.45, 7) is 0.207. The zero-order valence-corrected chi connectivity index (χ0v) is 14.0. The summed E-state index contributed by atoms with van der Waals surface area (Å²) < 4.78 is 39.9. The van der Waals surface area contributed by atoms with Gasteiger partial charge in [0, 0.05) is 31.2 Å². The highest BCUT2D eigenvalue weighted by molar-refractivity contribution is 6.01. The first-order valence-electron chi connectivity index (χ1n) is 7.97. The molecule has 2 aromatic heterocycles. The van der Waals surface area contributed by atoms with Crippen LogP contribution >= 0.6 is 0 Å². The molecular formula is C19H15F3N4O. The Morgan fingerprint density at radius 1 is 1.22 bits per heavy atom. The summed E-state index contributed by atoms with van der Waals surface area (Å²) in [6.07, 6.45) is 4.83. The molecule has 1 aromatic carbocycles. The van der Waals surface area contributed by atoms with Crippen LogP contribution in [0.3, 0.4) is 0 Å². The zero-order valence-electron chi connectivity index (χ0n) is 14.0. The normalized spacial score (nSPS) is 11.7. The van der Waals surface area contributed by atoms with Crippen LogP contribution in [-0.2, 0) is 17.5 Å². The lowest BCUT2D eigenvalue weighted by Gasteiger charge is -2.09. The number of hydrogen-bond acceptors (Lipinski definition) is 3. The van der Waals surface area contributed by atoms with Gasteiger partial charge in [-0.05, 0) is 35.4 Å². The second-order valence-electron chi connectivity index (χ2n) is 5.74. The van der Waals surface area contributed by atoms with Crippen LogP contribution in [0.4, 0.5) is 19.0 Å². The van der Waals surface area contributed by atoms with E-state index < -0.39 is 11.7 Å². The van der Waals surface area contributed by atoms with E-state index in [1.165, 1.54) is 18.5 Å². The molecule has 1 N–H and O–H groups in total. The van der Waals surface area contributed by atoms with Gasteiger partial charge in [-0.3, -0.25) is 9.78 Å². The van der Waals surface area contributed by atoms with Crippen molar-refractivity contribution in [1.29, 1.82) is 0 Å². The van der Waals surface area contributed by atoms with Gasteiger partial charge in [-0.2, -0.15) is 13.2 Å². The summed E-state index contributed by atoms with van der Waals surface area (Å²) in [4.78, 5) is 19.9. The van der Waals surface area contributed by atoms with Crippen molar-refractivity contribution in [2.45, 2.75) is 12.7 Å². The molecule has 0 radical (unpaired) electrons. The van der Waals surface area contributed by atoms with Crippen molar-refractivity contribution in [3.63, 3.8) is 0 Å². The average molecular weight is 372 g/mol. The number of aromatic nitrogens is 3. The molecule has 0 aliphatic carbocycles. The Morgan fingerprint density at radius 2 is 2.07 bits per heavy atom. The largest absolute Gasteiger partial charge is 0.416 e. The SMILES string of the molecule is O=C(/C=C/c1cccnc1)Nc1cn(Cc2cccc(C(F)(F)F)c2)cn1. The number of carbonyl (C=O) groups excluding carboxylic acids is 1. The van der Waals surface area contributed by atoms with E-state index in [0.29, 0.717) is 11.4 Å². The zero-order chi connectivity index (χ0) is 19.3. The van der Waals surface area contributed by atoms with Crippen LogP contribution in [0.5, 0.6) is 0 Å². The van der Waals surface area contributed by atoms with Crippen molar-refractivity contribution >= 4 is 17.8 Å². The molecule has 0 spiro atoms. The predicted octanol–water partition coefficient (Wildman–Crippen LogP) is 4.00. The van der Waals surface area contributed by atoms with E-state index in [0.717, 1.165) is 17.7 Å². The number of nitrogens with zero attached hydrogens (tertiary/aromatic N) is 3. The van der Waals surface area contributed by atoms with Gasteiger partial charge in [-0.1, -0.05) is 18.2 Å². The minimum Gasteiger partial charge on any atom is -0.331 e. The molecule has 0 atom stereocenters. The van der Waals surface area contributed by atoms with E-state index in [9.17, 15) is 18.0 Å². The van der Waals surface area contributed by atoms with Crippen molar-refractivity contribution < 1.29 is 18.0 Å². The number of pyridine rings is 1. The molecule has 0 fully saturated rings. The highest BCUT2D eigenvalue weighted by atomic mass is 19.4. The number of anilines is 1. The Bertz CT molecular complexity index is 949. The van der Waals surface area contributed by atoms with E-state index in [1.54, 1.807) is 47.4 Å². The first-order chi connectivity index (χ1) is 12.9. The Morgan fingerprint density at radius 3 is 2.81 bits per heavy atom. The van der Waals surface area contributed by atoms with Gasteiger partial charge < -0.3 is 9.88 Å². The highest BCUT2D eigenvalue weighted by Crippen LogP contribution is 2.29. The fourth-order valence-electron chi connectivity index (χ4n) is 2.38. The van der Waals surface area contributed by atoms with E-state index in [-0.39, 0.29) is 12.5 Å². The maximum Gasteiger partial charge on any atom is 0.416 e. The lowest BCUT2D eigenvalue weighted by atomic mass is 10.1. The number of nitrogens with one attached hydrogen (secondary N) is 1. The Labute approximate surface area is 153 Å². The van der Waals surface area contributed by atoms with Crippen molar-refractivity contribution in [1.82, 2.24) is 14.5 Å². The standard InChI is InChI=1S/C19H15F3N4O/c20-19(21,22)16-5-1-3-15(9-16)11-26-12-17(24-13-26)25-18(27)7-6-14-4-2-8-23-10-14/h1-10,12-13H,11H2,(H,25,27)/b7-6+. The maximum atomic E-state index is 12.8. The van der Waals surface area contributed by atoms with Crippen LogP contribution in [0.25, 0.3) is 6.08 Å². The van der Waals surface area contributed by atoms with Gasteiger partial charge in [0.1, 0.15) is 0 Å². The number of alkyl halides is 3.